The van der Waals surface area contributed by atoms with E-state index >= 15 is 0 Å². The number of thioether (sulfide) groups is 1. The Morgan fingerprint density at radius 1 is 1.26 bits per heavy atom. The van der Waals surface area contributed by atoms with Crippen molar-refractivity contribution in [1.82, 2.24) is 0 Å². The van der Waals surface area contributed by atoms with Crippen LogP contribution in [0.1, 0.15) is 33.1 Å². The van der Waals surface area contributed by atoms with Crippen molar-refractivity contribution in [2.45, 2.75) is 49.6 Å². The number of benzene rings is 1. The molecule has 0 heterocycles. The van der Waals surface area contributed by atoms with Crippen LogP contribution in [-0.4, -0.2) is 11.6 Å². The highest BCUT2D eigenvalue weighted by Gasteiger charge is 2.33. The Morgan fingerprint density at radius 2 is 1.95 bits per heavy atom. The average Bonchev–Trinajstić information content (AvgIpc) is 2.59. The van der Waals surface area contributed by atoms with E-state index in [9.17, 15) is 13.2 Å². The maximum absolute atomic E-state index is 12.5. The lowest BCUT2D eigenvalue weighted by molar-refractivity contribution is -0.0327. The molecule has 1 atom stereocenters. The predicted octanol–water partition coefficient (Wildman–Crippen LogP) is 5.29. The Morgan fingerprint density at radius 3 is 2.53 bits per heavy atom. The Hall–Kier alpha value is -0.840. The normalized spacial score (nSPS) is 22.5. The molecule has 1 nitrogen and oxygen atoms in total. The van der Waals surface area contributed by atoms with E-state index in [2.05, 4.69) is 19.2 Å². The molecule has 0 saturated heterocycles. The molecule has 19 heavy (non-hydrogen) atoms. The molecule has 106 valence electrons. The van der Waals surface area contributed by atoms with E-state index in [1.54, 1.807) is 18.2 Å². The Bertz CT molecular complexity index is 443. The number of anilines is 1. The van der Waals surface area contributed by atoms with E-state index in [0.717, 1.165) is 19.3 Å². The van der Waals surface area contributed by atoms with Crippen molar-refractivity contribution >= 4 is 17.4 Å². The third-order valence-electron chi connectivity index (χ3n) is 3.44. The average molecular weight is 289 g/mol. The molecular weight excluding hydrogens is 271 g/mol. The zero-order chi connectivity index (χ0) is 14.1. The third kappa shape index (κ3) is 4.34. The molecule has 1 aliphatic carbocycles. The van der Waals surface area contributed by atoms with Crippen LogP contribution < -0.4 is 5.32 Å². The third-order valence-corrected chi connectivity index (χ3v) is 4.25. The van der Waals surface area contributed by atoms with Crippen molar-refractivity contribution in [2.75, 3.05) is 5.32 Å². The van der Waals surface area contributed by atoms with E-state index in [-0.39, 0.29) is 28.1 Å². The molecule has 1 saturated carbocycles. The molecule has 0 radical (unpaired) electrons. The first-order chi connectivity index (χ1) is 8.75. The van der Waals surface area contributed by atoms with Crippen LogP contribution in [0.25, 0.3) is 0 Å². The fourth-order valence-electron chi connectivity index (χ4n) is 2.58. The van der Waals surface area contributed by atoms with Gasteiger partial charge in [-0.3, -0.25) is 0 Å². The van der Waals surface area contributed by atoms with Gasteiger partial charge in [-0.1, -0.05) is 26.0 Å². The van der Waals surface area contributed by atoms with E-state index in [0.29, 0.717) is 5.69 Å². The number of hydrogen-bond acceptors (Lipinski definition) is 2. The fraction of sp³-hybridized carbons (Fsp3) is 0.571. The summed E-state index contributed by atoms with van der Waals surface area (Å²) in [6.07, 6.45) is 3.12. The van der Waals surface area contributed by atoms with Crippen molar-refractivity contribution in [3.8, 4) is 0 Å². The summed E-state index contributed by atoms with van der Waals surface area (Å²) < 4.78 is 37.5. The van der Waals surface area contributed by atoms with Crippen LogP contribution in [-0.2, 0) is 0 Å². The van der Waals surface area contributed by atoms with Crippen molar-refractivity contribution in [3.05, 3.63) is 24.3 Å². The molecule has 0 amide bonds. The van der Waals surface area contributed by atoms with Crippen LogP contribution in [0.15, 0.2) is 29.2 Å². The van der Waals surface area contributed by atoms with Crippen molar-refractivity contribution in [2.24, 2.45) is 5.41 Å². The molecule has 1 unspecified atom stereocenters. The number of rotatable bonds is 3. The molecule has 1 aromatic carbocycles. The number of alkyl halides is 3. The smallest absolute Gasteiger partial charge is 0.381 e. The van der Waals surface area contributed by atoms with Gasteiger partial charge in [-0.05, 0) is 48.6 Å². The van der Waals surface area contributed by atoms with Gasteiger partial charge in [-0.2, -0.15) is 13.2 Å². The minimum absolute atomic E-state index is 0.0519. The molecule has 1 aliphatic rings. The van der Waals surface area contributed by atoms with Gasteiger partial charge in [0.2, 0.25) is 0 Å². The molecule has 0 aliphatic heterocycles. The number of hydrogen-bond donors (Lipinski definition) is 1. The highest BCUT2D eigenvalue weighted by atomic mass is 32.2. The Kier molecular flexibility index (Phi) is 4.04. The van der Waals surface area contributed by atoms with Crippen LogP contribution in [0.4, 0.5) is 18.9 Å². The second kappa shape index (κ2) is 5.27. The van der Waals surface area contributed by atoms with Crippen molar-refractivity contribution < 1.29 is 13.2 Å². The summed E-state index contributed by atoms with van der Waals surface area (Å²) in [5.74, 6) is 0. The molecular formula is C14H18F3NS. The second-order valence-electron chi connectivity index (χ2n) is 5.79. The maximum atomic E-state index is 12.5. The first-order valence-corrected chi connectivity index (χ1v) is 7.18. The number of para-hydroxylation sites is 1. The first-order valence-electron chi connectivity index (χ1n) is 6.36. The highest BCUT2D eigenvalue weighted by Crippen LogP contribution is 2.42. The lowest BCUT2D eigenvalue weighted by Crippen LogP contribution is -2.18. The SMILES string of the molecule is CC1(C)CCC(Nc2ccccc2SC(F)(F)F)C1. The van der Waals surface area contributed by atoms with Crippen LogP contribution in [0.5, 0.6) is 0 Å². The van der Waals surface area contributed by atoms with Crippen LogP contribution in [0, 0.1) is 5.41 Å². The van der Waals surface area contributed by atoms with E-state index < -0.39 is 5.51 Å². The number of nitrogens with one attached hydrogen (secondary N) is 1. The van der Waals surface area contributed by atoms with Gasteiger partial charge < -0.3 is 5.32 Å². The molecule has 1 fully saturated rings. The molecule has 2 rings (SSSR count). The molecule has 5 heteroatoms. The van der Waals surface area contributed by atoms with Crippen molar-refractivity contribution in [1.29, 1.82) is 0 Å². The Balaban J connectivity index is 2.08. The summed E-state index contributed by atoms with van der Waals surface area (Å²) in [7, 11) is 0. The first kappa shape index (κ1) is 14.6. The van der Waals surface area contributed by atoms with Crippen LogP contribution in [0.3, 0.4) is 0 Å². The molecule has 1 N–H and O–H groups in total. The topological polar surface area (TPSA) is 12.0 Å². The predicted molar refractivity (Wildman–Crippen MR) is 73.4 cm³/mol. The quantitative estimate of drug-likeness (QED) is 0.759. The van der Waals surface area contributed by atoms with Gasteiger partial charge in [0.1, 0.15) is 0 Å². The standard InChI is InChI=1S/C14H18F3NS/c1-13(2)8-7-10(9-13)18-11-5-3-4-6-12(11)19-14(15,16)17/h3-6,10,18H,7-9H2,1-2H3. The van der Waals surface area contributed by atoms with Gasteiger partial charge in [0, 0.05) is 16.6 Å². The Labute approximate surface area is 116 Å². The monoisotopic (exact) mass is 289 g/mol. The minimum Gasteiger partial charge on any atom is -0.381 e. The summed E-state index contributed by atoms with van der Waals surface area (Å²) in [4.78, 5) is 0.250. The fourth-order valence-corrected chi connectivity index (χ4v) is 3.21. The van der Waals surface area contributed by atoms with E-state index in [4.69, 9.17) is 0 Å². The lowest BCUT2D eigenvalue weighted by atomic mass is 9.92. The van der Waals surface area contributed by atoms with Gasteiger partial charge in [-0.25, -0.2) is 0 Å². The zero-order valence-electron chi connectivity index (χ0n) is 11.1. The maximum Gasteiger partial charge on any atom is 0.446 e. The number of halogens is 3. The summed E-state index contributed by atoms with van der Waals surface area (Å²) in [6, 6.07) is 6.91. The van der Waals surface area contributed by atoms with E-state index in [1.807, 2.05) is 0 Å². The largest absolute Gasteiger partial charge is 0.446 e. The lowest BCUT2D eigenvalue weighted by Gasteiger charge is -2.20. The summed E-state index contributed by atoms with van der Waals surface area (Å²) >= 11 is -0.0519. The molecule has 0 bridgehead atoms. The molecule has 0 spiro atoms. The van der Waals surface area contributed by atoms with E-state index in [1.165, 1.54) is 6.07 Å². The second-order valence-corrected chi connectivity index (χ2v) is 6.90. The van der Waals surface area contributed by atoms with Crippen LogP contribution >= 0.6 is 11.8 Å². The summed E-state index contributed by atoms with van der Waals surface area (Å²) in [6.45, 7) is 4.40. The van der Waals surface area contributed by atoms with Gasteiger partial charge in [-0.15, -0.1) is 0 Å². The summed E-state index contributed by atoms with van der Waals surface area (Å²) in [5.41, 5.74) is -3.37. The summed E-state index contributed by atoms with van der Waals surface area (Å²) in [5, 5.41) is 3.27. The van der Waals surface area contributed by atoms with Gasteiger partial charge in [0.15, 0.2) is 0 Å². The van der Waals surface area contributed by atoms with Gasteiger partial charge >= 0.3 is 5.51 Å². The molecule has 1 aromatic rings. The van der Waals surface area contributed by atoms with Gasteiger partial charge in [0.25, 0.3) is 0 Å². The van der Waals surface area contributed by atoms with Gasteiger partial charge in [0.05, 0.1) is 0 Å². The van der Waals surface area contributed by atoms with Crippen molar-refractivity contribution in [3.63, 3.8) is 0 Å². The molecule has 0 aromatic heterocycles. The zero-order valence-corrected chi connectivity index (χ0v) is 11.9. The van der Waals surface area contributed by atoms with Crippen LogP contribution in [0.2, 0.25) is 0 Å². The minimum atomic E-state index is -4.24. The highest BCUT2D eigenvalue weighted by molar-refractivity contribution is 8.00.